The first-order chi connectivity index (χ1) is 15.9. The molecule has 1 unspecified atom stereocenters. The minimum atomic E-state index is -1.75. The fraction of sp³-hybridized carbons (Fsp3) is 0.500. The minimum Gasteiger partial charge on any atom is -0.378 e. The highest BCUT2D eigenvalue weighted by molar-refractivity contribution is 6.83. The molecule has 4 rings (SSSR count). The quantitative estimate of drug-likeness (QED) is 0.483. The Morgan fingerprint density at radius 3 is 2.35 bits per heavy atom. The third-order valence-electron chi connectivity index (χ3n) is 7.62. The van der Waals surface area contributed by atoms with Crippen LogP contribution in [0.25, 0.3) is 0 Å². The van der Waals surface area contributed by atoms with Gasteiger partial charge in [0.15, 0.2) is 11.9 Å². The standard InChI is InChI=1S/C24H33N5O4Si/c1-23(2)18-16(19(28-27-18)25-21(32)24(12-9-13-24)34(3,4)5)14-29(23)22(33)26-20(31)17(30)15-10-7-6-8-11-15/h6-8,10-11,17,30H,9,12-14H2,1-5H3,(H,26,31,33)(H2,25,27,28,32). The Bertz CT molecular complexity index is 1120. The Kier molecular flexibility index (Phi) is 5.93. The molecule has 182 valence electrons. The number of carbonyl (C=O) groups is 3. The van der Waals surface area contributed by atoms with E-state index in [1.807, 2.05) is 13.8 Å². The van der Waals surface area contributed by atoms with E-state index in [4.69, 9.17) is 0 Å². The summed E-state index contributed by atoms with van der Waals surface area (Å²) >= 11 is 0. The number of fused-ring (bicyclic) bond motifs is 1. The Hall–Kier alpha value is -2.98. The number of nitrogens with zero attached hydrogens (tertiary/aromatic N) is 2. The molecule has 1 saturated carbocycles. The van der Waals surface area contributed by atoms with Crippen LogP contribution in [0.3, 0.4) is 0 Å². The van der Waals surface area contributed by atoms with E-state index in [1.54, 1.807) is 30.3 Å². The predicted octanol–water partition coefficient (Wildman–Crippen LogP) is 3.63. The molecule has 2 heterocycles. The SMILES string of the molecule is CC1(C)c2[nH]nc(NC(=O)C3([Si](C)(C)C)CCC3)c2CN1C(=O)NC(=O)C(O)c1ccccc1. The second-order valence-electron chi connectivity index (χ2n) is 10.8. The summed E-state index contributed by atoms with van der Waals surface area (Å²) in [4.78, 5) is 40.3. The Morgan fingerprint density at radius 2 is 1.79 bits per heavy atom. The van der Waals surface area contributed by atoms with Gasteiger partial charge in [-0.3, -0.25) is 20.0 Å². The van der Waals surface area contributed by atoms with Crippen LogP contribution in [-0.4, -0.2) is 46.1 Å². The molecule has 34 heavy (non-hydrogen) atoms. The summed E-state index contributed by atoms with van der Waals surface area (Å²) in [6.07, 6.45) is 1.39. The zero-order valence-corrected chi connectivity index (χ0v) is 21.4. The van der Waals surface area contributed by atoms with E-state index in [9.17, 15) is 19.5 Å². The maximum atomic E-state index is 13.3. The average molecular weight is 484 g/mol. The number of hydrogen-bond donors (Lipinski definition) is 4. The second kappa shape index (κ2) is 8.35. The highest BCUT2D eigenvalue weighted by Crippen LogP contribution is 2.56. The number of amides is 4. The number of aromatic amines is 1. The number of aliphatic hydroxyl groups is 1. The van der Waals surface area contributed by atoms with Gasteiger partial charge in [0.1, 0.15) is 0 Å². The summed E-state index contributed by atoms with van der Waals surface area (Å²) < 4.78 is 0. The van der Waals surface area contributed by atoms with Crippen LogP contribution in [-0.2, 0) is 21.7 Å². The summed E-state index contributed by atoms with van der Waals surface area (Å²) in [6, 6.07) is 7.82. The number of hydrogen-bond acceptors (Lipinski definition) is 5. The van der Waals surface area contributed by atoms with Gasteiger partial charge in [-0.1, -0.05) is 56.4 Å². The van der Waals surface area contributed by atoms with E-state index in [0.717, 1.165) is 24.8 Å². The van der Waals surface area contributed by atoms with Gasteiger partial charge >= 0.3 is 6.03 Å². The van der Waals surface area contributed by atoms with Gasteiger partial charge in [0.25, 0.3) is 5.91 Å². The summed E-state index contributed by atoms with van der Waals surface area (Å²) in [7, 11) is -1.75. The molecule has 2 aliphatic rings. The van der Waals surface area contributed by atoms with Crippen molar-refractivity contribution in [3.63, 3.8) is 0 Å². The Labute approximate surface area is 200 Å². The lowest BCUT2D eigenvalue weighted by atomic mass is 9.83. The van der Waals surface area contributed by atoms with Crippen molar-refractivity contribution in [3.05, 3.63) is 47.2 Å². The van der Waals surface area contributed by atoms with E-state index in [0.29, 0.717) is 17.1 Å². The summed E-state index contributed by atoms with van der Waals surface area (Å²) in [5, 5.41) is 22.7. The zero-order chi connectivity index (χ0) is 24.9. The third kappa shape index (κ3) is 3.84. The maximum absolute atomic E-state index is 13.3. The van der Waals surface area contributed by atoms with Gasteiger partial charge in [-0.25, -0.2) is 4.79 Å². The van der Waals surface area contributed by atoms with E-state index >= 15 is 0 Å². The number of anilines is 1. The fourth-order valence-corrected chi connectivity index (χ4v) is 7.65. The van der Waals surface area contributed by atoms with Crippen LogP contribution >= 0.6 is 0 Å². The van der Waals surface area contributed by atoms with Crippen LogP contribution < -0.4 is 10.6 Å². The second-order valence-corrected chi connectivity index (χ2v) is 16.3. The lowest BCUT2D eigenvalue weighted by Gasteiger charge is -2.48. The molecular weight excluding hydrogens is 450 g/mol. The van der Waals surface area contributed by atoms with Crippen molar-refractivity contribution in [1.82, 2.24) is 20.4 Å². The number of benzene rings is 1. The molecular formula is C24H33N5O4Si. The van der Waals surface area contributed by atoms with Crippen molar-refractivity contribution in [2.45, 2.75) is 76.0 Å². The topological polar surface area (TPSA) is 127 Å². The molecule has 1 aliphatic carbocycles. The lowest BCUT2D eigenvalue weighted by molar-refractivity contribution is -0.128. The van der Waals surface area contributed by atoms with Crippen LogP contribution in [0, 0.1) is 0 Å². The van der Waals surface area contributed by atoms with Gasteiger partial charge < -0.3 is 15.3 Å². The fourth-order valence-electron chi connectivity index (χ4n) is 5.05. The van der Waals surface area contributed by atoms with E-state index < -0.39 is 31.7 Å². The summed E-state index contributed by atoms with van der Waals surface area (Å²) in [5.41, 5.74) is 1.06. The van der Waals surface area contributed by atoms with Crippen LogP contribution in [0.4, 0.5) is 10.6 Å². The van der Waals surface area contributed by atoms with E-state index in [2.05, 4.69) is 40.5 Å². The molecule has 1 fully saturated rings. The predicted molar refractivity (Wildman–Crippen MR) is 131 cm³/mol. The molecule has 4 N–H and O–H groups in total. The first-order valence-electron chi connectivity index (χ1n) is 11.6. The van der Waals surface area contributed by atoms with Gasteiger partial charge in [0.05, 0.1) is 25.9 Å². The summed E-state index contributed by atoms with van der Waals surface area (Å²) in [5.74, 6) is -0.353. The highest BCUT2D eigenvalue weighted by Gasteiger charge is 2.54. The minimum absolute atomic E-state index is 0.00841. The van der Waals surface area contributed by atoms with Gasteiger partial charge in [0, 0.05) is 10.6 Å². The number of nitrogens with one attached hydrogen (secondary N) is 3. The molecule has 0 saturated heterocycles. The molecule has 9 nitrogen and oxygen atoms in total. The molecule has 0 bridgehead atoms. The van der Waals surface area contributed by atoms with E-state index in [-0.39, 0.29) is 17.5 Å². The first-order valence-corrected chi connectivity index (χ1v) is 15.1. The maximum Gasteiger partial charge on any atom is 0.325 e. The van der Waals surface area contributed by atoms with Gasteiger partial charge in [-0.2, -0.15) is 5.10 Å². The van der Waals surface area contributed by atoms with Gasteiger partial charge in [0.2, 0.25) is 5.91 Å². The first kappa shape index (κ1) is 24.2. The third-order valence-corrected chi connectivity index (χ3v) is 11.2. The molecule has 2 aromatic rings. The number of rotatable bonds is 5. The van der Waals surface area contributed by atoms with Crippen LogP contribution in [0.15, 0.2) is 30.3 Å². The number of aliphatic hydroxyl groups excluding tert-OH is 1. The van der Waals surface area contributed by atoms with Crippen molar-refractivity contribution < 1.29 is 19.5 Å². The van der Waals surface area contributed by atoms with Gasteiger partial charge in [-0.05, 0) is 32.3 Å². The van der Waals surface area contributed by atoms with Crippen molar-refractivity contribution in [1.29, 1.82) is 0 Å². The van der Waals surface area contributed by atoms with Gasteiger partial charge in [-0.15, -0.1) is 0 Å². The lowest BCUT2D eigenvalue weighted by Crippen LogP contribution is -2.52. The Balaban J connectivity index is 1.49. The molecule has 1 aliphatic heterocycles. The monoisotopic (exact) mass is 483 g/mol. The largest absolute Gasteiger partial charge is 0.378 e. The molecule has 1 aromatic heterocycles. The number of urea groups is 1. The number of aromatic nitrogens is 2. The van der Waals surface area contributed by atoms with Crippen LogP contribution in [0.2, 0.25) is 24.7 Å². The molecule has 4 amide bonds. The van der Waals surface area contributed by atoms with E-state index in [1.165, 1.54) is 4.90 Å². The number of carbonyl (C=O) groups excluding carboxylic acids is 3. The molecule has 0 radical (unpaired) electrons. The summed E-state index contributed by atoms with van der Waals surface area (Å²) in [6.45, 7) is 10.5. The highest BCUT2D eigenvalue weighted by atomic mass is 28.3. The van der Waals surface area contributed by atoms with Crippen molar-refractivity contribution in [2.75, 3.05) is 5.32 Å². The van der Waals surface area contributed by atoms with Crippen LogP contribution in [0.1, 0.15) is 56.0 Å². The molecule has 1 aromatic carbocycles. The molecule has 1 atom stereocenters. The van der Waals surface area contributed by atoms with Crippen molar-refractivity contribution >= 4 is 31.7 Å². The van der Waals surface area contributed by atoms with Crippen molar-refractivity contribution in [2.24, 2.45) is 0 Å². The normalized spacial score (nSPS) is 19.1. The molecule has 10 heteroatoms. The van der Waals surface area contributed by atoms with Crippen molar-refractivity contribution in [3.8, 4) is 0 Å². The Morgan fingerprint density at radius 1 is 1.15 bits per heavy atom. The number of imide groups is 1. The number of H-pyrrole nitrogens is 1. The zero-order valence-electron chi connectivity index (χ0n) is 20.4. The molecule has 0 spiro atoms. The van der Waals surface area contributed by atoms with Crippen LogP contribution in [0.5, 0.6) is 0 Å². The average Bonchev–Trinajstić information content (AvgIpc) is 3.24. The smallest absolute Gasteiger partial charge is 0.325 e.